The largest absolute Gasteiger partial charge is 0.508 e. The Morgan fingerprint density at radius 1 is 1.07 bits per heavy atom. The molecule has 28 heavy (non-hydrogen) atoms. The van der Waals surface area contributed by atoms with Gasteiger partial charge in [0.15, 0.2) is 0 Å². The zero-order valence-electron chi connectivity index (χ0n) is 15.5. The number of hydrogen-bond acceptors (Lipinski definition) is 7. The zero-order valence-corrected chi connectivity index (χ0v) is 15.5. The number of ether oxygens (including phenoxy) is 2. The number of aromatic hydroxyl groups is 2. The van der Waals surface area contributed by atoms with Crippen molar-refractivity contribution in [2.24, 2.45) is 0 Å². The van der Waals surface area contributed by atoms with Crippen LogP contribution in [0, 0.1) is 0 Å². The number of benzene rings is 2. The van der Waals surface area contributed by atoms with E-state index in [2.05, 4.69) is 16.8 Å². The lowest BCUT2D eigenvalue weighted by atomic mass is 10.3. The van der Waals surface area contributed by atoms with Gasteiger partial charge in [-0.25, -0.2) is 4.79 Å². The number of nitrogens with zero attached hydrogens (tertiary/aromatic N) is 3. The van der Waals surface area contributed by atoms with Gasteiger partial charge in [0.2, 0.25) is 0 Å². The maximum Gasteiger partial charge on any atom is 0.333 e. The molecule has 8 nitrogen and oxygen atoms in total. The number of phenolic OH excluding ortho intramolecular Hbond substituents is 2. The minimum absolute atomic E-state index is 0.0389. The Bertz CT molecular complexity index is 1010. The molecule has 0 unspecified atom stereocenters. The van der Waals surface area contributed by atoms with Gasteiger partial charge in [-0.05, 0) is 44.0 Å². The lowest BCUT2D eigenvalue weighted by Gasteiger charge is -2.06. The van der Waals surface area contributed by atoms with Crippen molar-refractivity contribution in [1.29, 1.82) is 0 Å². The smallest absolute Gasteiger partial charge is 0.333 e. The standard InChI is InChI=1S/C20H21N3O5/c1-13(2)20(26)28-10-4-3-9-27-15-6-7-16-17(12-15)22-23(21-16)18-8-5-14(24)11-19(18)25/h5-8,11-12,24-25H,1,3-4,9-10H2,2H3. The highest BCUT2D eigenvalue weighted by atomic mass is 16.5. The predicted octanol–water partition coefficient (Wildman–Crippen LogP) is 3.11. The summed E-state index contributed by atoms with van der Waals surface area (Å²) >= 11 is 0. The molecule has 3 rings (SSSR count). The highest BCUT2D eigenvalue weighted by Crippen LogP contribution is 2.26. The zero-order chi connectivity index (χ0) is 20.1. The van der Waals surface area contributed by atoms with Crippen molar-refractivity contribution in [3.63, 3.8) is 0 Å². The molecule has 2 N–H and O–H groups in total. The second kappa shape index (κ2) is 8.43. The van der Waals surface area contributed by atoms with Crippen LogP contribution in [0.15, 0.2) is 48.6 Å². The van der Waals surface area contributed by atoms with Crippen LogP contribution in [0.2, 0.25) is 0 Å². The third-order valence-electron chi connectivity index (χ3n) is 3.92. The average molecular weight is 383 g/mol. The van der Waals surface area contributed by atoms with Gasteiger partial charge in [-0.1, -0.05) is 6.58 Å². The Morgan fingerprint density at radius 3 is 2.57 bits per heavy atom. The predicted molar refractivity (Wildman–Crippen MR) is 103 cm³/mol. The van der Waals surface area contributed by atoms with E-state index in [0.29, 0.717) is 47.7 Å². The molecule has 0 spiro atoms. The fourth-order valence-corrected chi connectivity index (χ4v) is 2.46. The van der Waals surface area contributed by atoms with E-state index >= 15 is 0 Å². The van der Waals surface area contributed by atoms with Gasteiger partial charge in [-0.2, -0.15) is 0 Å². The van der Waals surface area contributed by atoms with Gasteiger partial charge in [-0.3, -0.25) is 0 Å². The van der Waals surface area contributed by atoms with E-state index in [1.54, 1.807) is 25.1 Å². The van der Waals surface area contributed by atoms with Gasteiger partial charge in [0, 0.05) is 17.7 Å². The molecule has 0 atom stereocenters. The van der Waals surface area contributed by atoms with Crippen LogP contribution >= 0.6 is 0 Å². The van der Waals surface area contributed by atoms with Gasteiger partial charge in [0.05, 0.1) is 13.2 Å². The summed E-state index contributed by atoms with van der Waals surface area (Å²) in [6.45, 7) is 5.95. The van der Waals surface area contributed by atoms with Crippen LogP contribution in [-0.4, -0.2) is 44.4 Å². The first-order chi connectivity index (χ1) is 13.4. The number of rotatable bonds is 8. The normalized spacial score (nSPS) is 10.8. The van der Waals surface area contributed by atoms with Gasteiger partial charge < -0.3 is 19.7 Å². The average Bonchev–Trinajstić information content (AvgIpc) is 3.07. The number of fused-ring (bicyclic) bond motifs is 1. The monoisotopic (exact) mass is 383 g/mol. The quantitative estimate of drug-likeness (QED) is 0.350. The summed E-state index contributed by atoms with van der Waals surface area (Å²) in [6.07, 6.45) is 1.42. The Kier molecular flexibility index (Phi) is 5.78. The van der Waals surface area contributed by atoms with Crippen molar-refractivity contribution < 1.29 is 24.5 Å². The molecule has 1 heterocycles. The Labute approximate surface area is 161 Å². The second-order valence-electron chi connectivity index (χ2n) is 6.28. The van der Waals surface area contributed by atoms with E-state index in [0.717, 1.165) is 6.42 Å². The molecule has 0 radical (unpaired) electrons. The molecule has 0 saturated carbocycles. The fourth-order valence-electron chi connectivity index (χ4n) is 2.46. The summed E-state index contributed by atoms with van der Waals surface area (Å²) in [4.78, 5) is 12.6. The highest BCUT2D eigenvalue weighted by Gasteiger charge is 2.10. The van der Waals surface area contributed by atoms with Gasteiger partial charge in [0.25, 0.3) is 0 Å². The Balaban J connectivity index is 1.57. The molecular formula is C20H21N3O5. The number of carbonyl (C=O) groups excluding carboxylic acids is 1. The van der Waals surface area contributed by atoms with Crippen molar-refractivity contribution in [2.75, 3.05) is 13.2 Å². The minimum Gasteiger partial charge on any atom is -0.508 e. The SMILES string of the molecule is C=C(C)C(=O)OCCCCOc1ccc2nn(-c3ccc(O)cc3O)nc2c1. The summed E-state index contributed by atoms with van der Waals surface area (Å²) in [5.41, 5.74) is 2.01. The third-order valence-corrected chi connectivity index (χ3v) is 3.92. The number of carbonyl (C=O) groups is 1. The highest BCUT2D eigenvalue weighted by molar-refractivity contribution is 5.86. The van der Waals surface area contributed by atoms with E-state index in [-0.39, 0.29) is 17.5 Å². The Morgan fingerprint density at radius 2 is 1.82 bits per heavy atom. The topological polar surface area (TPSA) is 107 Å². The molecule has 0 bridgehead atoms. The van der Waals surface area contributed by atoms with E-state index in [1.807, 2.05) is 0 Å². The lowest BCUT2D eigenvalue weighted by Crippen LogP contribution is -2.07. The first-order valence-electron chi connectivity index (χ1n) is 8.79. The lowest BCUT2D eigenvalue weighted by molar-refractivity contribution is -0.139. The molecule has 146 valence electrons. The van der Waals surface area contributed by atoms with Gasteiger partial charge in [-0.15, -0.1) is 15.0 Å². The van der Waals surface area contributed by atoms with Crippen molar-refractivity contribution >= 4 is 17.0 Å². The number of phenols is 2. The fraction of sp³-hybridized carbons (Fsp3) is 0.250. The molecule has 2 aromatic carbocycles. The molecular weight excluding hydrogens is 362 g/mol. The van der Waals surface area contributed by atoms with Crippen molar-refractivity contribution in [3.8, 4) is 22.9 Å². The van der Waals surface area contributed by atoms with Crippen LogP contribution in [0.3, 0.4) is 0 Å². The second-order valence-corrected chi connectivity index (χ2v) is 6.28. The molecule has 0 aliphatic carbocycles. The molecule has 1 aromatic heterocycles. The van der Waals surface area contributed by atoms with E-state index in [1.165, 1.54) is 23.0 Å². The summed E-state index contributed by atoms with van der Waals surface area (Å²) in [5, 5.41) is 28.0. The van der Waals surface area contributed by atoms with Crippen molar-refractivity contribution in [2.45, 2.75) is 19.8 Å². The van der Waals surface area contributed by atoms with Crippen LogP contribution in [0.1, 0.15) is 19.8 Å². The minimum atomic E-state index is -0.380. The van der Waals surface area contributed by atoms with E-state index in [9.17, 15) is 15.0 Å². The van der Waals surface area contributed by atoms with Gasteiger partial charge in [0.1, 0.15) is 34.0 Å². The number of esters is 1. The Hall–Kier alpha value is -3.55. The molecule has 0 amide bonds. The summed E-state index contributed by atoms with van der Waals surface area (Å²) in [5.74, 6) is 0.106. The molecule has 8 heteroatoms. The molecule has 0 fully saturated rings. The van der Waals surface area contributed by atoms with Gasteiger partial charge >= 0.3 is 5.97 Å². The molecule has 0 saturated heterocycles. The van der Waals surface area contributed by atoms with Crippen molar-refractivity contribution in [3.05, 3.63) is 48.6 Å². The van der Waals surface area contributed by atoms with Crippen LogP contribution < -0.4 is 4.74 Å². The first-order valence-corrected chi connectivity index (χ1v) is 8.79. The van der Waals surface area contributed by atoms with Crippen LogP contribution in [-0.2, 0) is 9.53 Å². The van der Waals surface area contributed by atoms with E-state index in [4.69, 9.17) is 9.47 Å². The maximum atomic E-state index is 11.3. The first kappa shape index (κ1) is 19.2. The summed E-state index contributed by atoms with van der Waals surface area (Å²) < 4.78 is 10.7. The molecule has 0 aliphatic heterocycles. The molecule has 0 aliphatic rings. The summed E-state index contributed by atoms with van der Waals surface area (Å²) in [7, 11) is 0. The maximum absolute atomic E-state index is 11.3. The third kappa shape index (κ3) is 4.59. The van der Waals surface area contributed by atoms with Crippen molar-refractivity contribution in [1.82, 2.24) is 15.0 Å². The number of aromatic nitrogens is 3. The summed E-state index contributed by atoms with van der Waals surface area (Å²) in [6, 6.07) is 9.54. The van der Waals surface area contributed by atoms with Crippen LogP contribution in [0.4, 0.5) is 0 Å². The van der Waals surface area contributed by atoms with E-state index < -0.39 is 0 Å². The molecule has 3 aromatic rings. The number of unbranched alkanes of at least 4 members (excludes halogenated alkanes) is 1. The van der Waals surface area contributed by atoms with Crippen LogP contribution in [0.25, 0.3) is 16.7 Å². The van der Waals surface area contributed by atoms with Crippen LogP contribution in [0.5, 0.6) is 17.2 Å². The number of hydrogen-bond donors (Lipinski definition) is 2.